The zero-order chi connectivity index (χ0) is 15.1. The first-order chi connectivity index (χ1) is 10.2. The van der Waals surface area contributed by atoms with E-state index in [0.29, 0.717) is 18.7 Å². The van der Waals surface area contributed by atoms with Crippen LogP contribution in [0.25, 0.3) is 0 Å². The van der Waals surface area contributed by atoms with Crippen molar-refractivity contribution in [1.82, 2.24) is 10.3 Å². The number of ether oxygens (including phenoxy) is 1. The van der Waals surface area contributed by atoms with Crippen LogP contribution in [-0.4, -0.2) is 31.2 Å². The van der Waals surface area contributed by atoms with Gasteiger partial charge in [-0.05, 0) is 34.1 Å². The molecule has 0 unspecified atom stereocenters. The summed E-state index contributed by atoms with van der Waals surface area (Å²) in [5, 5.41) is 5.98. The van der Waals surface area contributed by atoms with Crippen molar-refractivity contribution in [3.05, 3.63) is 52.8 Å². The largest absolute Gasteiger partial charge is 0.383 e. The molecular formula is C15H16BrN3O2. The summed E-state index contributed by atoms with van der Waals surface area (Å²) in [5.41, 5.74) is 2.17. The predicted octanol–water partition coefficient (Wildman–Crippen LogP) is 2.96. The maximum Gasteiger partial charge on any atom is 0.253 e. The van der Waals surface area contributed by atoms with E-state index in [-0.39, 0.29) is 5.91 Å². The van der Waals surface area contributed by atoms with Gasteiger partial charge < -0.3 is 15.4 Å². The smallest absolute Gasteiger partial charge is 0.253 e. The molecule has 2 rings (SSSR count). The van der Waals surface area contributed by atoms with Gasteiger partial charge in [0, 0.05) is 24.3 Å². The molecule has 0 saturated carbocycles. The summed E-state index contributed by atoms with van der Waals surface area (Å²) in [5.74, 6) is -0.171. The molecule has 0 aliphatic carbocycles. The van der Waals surface area contributed by atoms with Crippen molar-refractivity contribution in [2.24, 2.45) is 0 Å². The van der Waals surface area contributed by atoms with Crippen LogP contribution < -0.4 is 10.6 Å². The van der Waals surface area contributed by atoms with Crippen molar-refractivity contribution in [3.63, 3.8) is 0 Å². The Morgan fingerprint density at radius 2 is 2.14 bits per heavy atom. The minimum absolute atomic E-state index is 0.171. The van der Waals surface area contributed by atoms with E-state index in [1.165, 1.54) is 6.20 Å². The van der Waals surface area contributed by atoms with Gasteiger partial charge in [0.25, 0.3) is 5.91 Å². The Morgan fingerprint density at radius 3 is 2.90 bits per heavy atom. The van der Waals surface area contributed by atoms with Gasteiger partial charge >= 0.3 is 0 Å². The number of rotatable bonds is 6. The number of amides is 1. The lowest BCUT2D eigenvalue weighted by atomic mass is 10.2. The molecule has 6 heteroatoms. The number of nitrogens with zero attached hydrogens (tertiary/aromatic N) is 1. The van der Waals surface area contributed by atoms with Crippen molar-refractivity contribution >= 4 is 33.2 Å². The zero-order valence-electron chi connectivity index (χ0n) is 11.6. The van der Waals surface area contributed by atoms with E-state index in [2.05, 4.69) is 31.5 Å². The zero-order valence-corrected chi connectivity index (χ0v) is 13.2. The fourth-order valence-corrected chi connectivity index (χ4v) is 2.10. The molecule has 0 saturated heterocycles. The van der Waals surface area contributed by atoms with Gasteiger partial charge in [0.05, 0.1) is 29.7 Å². The van der Waals surface area contributed by atoms with Gasteiger partial charge in [0.15, 0.2) is 0 Å². The molecule has 0 radical (unpaired) electrons. The first-order valence-electron chi connectivity index (χ1n) is 6.44. The van der Waals surface area contributed by atoms with Crippen LogP contribution in [0.15, 0.2) is 47.2 Å². The molecule has 0 aliphatic rings. The van der Waals surface area contributed by atoms with Crippen LogP contribution in [0, 0.1) is 0 Å². The number of hydrogen-bond donors (Lipinski definition) is 2. The minimum Gasteiger partial charge on any atom is -0.383 e. The molecule has 1 heterocycles. The Morgan fingerprint density at radius 1 is 1.33 bits per heavy atom. The number of methoxy groups -OCH3 is 1. The molecule has 1 aromatic heterocycles. The molecule has 0 atom stereocenters. The highest BCUT2D eigenvalue weighted by molar-refractivity contribution is 9.10. The Hall–Kier alpha value is -1.92. The van der Waals surface area contributed by atoms with Gasteiger partial charge in [-0.3, -0.25) is 9.78 Å². The molecular weight excluding hydrogens is 334 g/mol. The summed E-state index contributed by atoms with van der Waals surface area (Å²) in [4.78, 5) is 16.0. The Labute approximate surface area is 131 Å². The third kappa shape index (κ3) is 4.54. The molecule has 2 N–H and O–H groups in total. The van der Waals surface area contributed by atoms with Crippen molar-refractivity contribution < 1.29 is 9.53 Å². The second-order valence-corrected chi connectivity index (χ2v) is 5.17. The third-order valence-electron chi connectivity index (χ3n) is 2.75. The Kier molecular flexibility index (Phi) is 5.71. The van der Waals surface area contributed by atoms with Gasteiger partial charge in [-0.2, -0.15) is 0 Å². The average Bonchev–Trinajstić information content (AvgIpc) is 2.50. The number of benzene rings is 1. The number of hydrogen-bond acceptors (Lipinski definition) is 4. The number of nitrogens with one attached hydrogen (secondary N) is 2. The lowest BCUT2D eigenvalue weighted by Crippen LogP contribution is -2.27. The number of aromatic nitrogens is 1. The minimum atomic E-state index is -0.171. The van der Waals surface area contributed by atoms with Crippen molar-refractivity contribution in [2.75, 3.05) is 25.6 Å². The summed E-state index contributed by atoms with van der Waals surface area (Å²) < 4.78 is 5.84. The highest BCUT2D eigenvalue weighted by atomic mass is 79.9. The normalized spacial score (nSPS) is 10.2. The molecule has 5 nitrogen and oxygen atoms in total. The van der Waals surface area contributed by atoms with Gasteiger partial charge in [-0.15, -0.1) is 0 Å². The van der Waals surface area contributed by atoms with Crippen molar-refractivity contribution in [3.8, 4) is 0 Å². The monoisotopic (exact) mass is 349 g/mol. The molecule has 0 fully saturated rings. The molecule has 110 valence electrons. The fraction of sp³-hybridized carbons (Fsp3) is 0.200. The standard InChI is InChI=1S/C15H16BrN3O2/c1-21-7-6-18-15(20)11-8-12(10-17-9-11)19-14-5-3-2-4-13(14)16/h2-5,8-10,19H,6-7H2,1H3,(H,18,20). The summed E-state index contributed by atoms with van der Waals surface area (Å²) >= 11 is 3.47. The molecule has 1 aromatic carbocycles. The van der Waals surface area contributed by atoms with Gasteiger partial charge in [-0.1, -0.05) is 12.1 Å². The molecule has 1 amide bonds. The van der Waals surface area contributed by atoms with Gasteiger partial charge in [0.2, 0.25) is 0 Å². The topological polar surface area (TPSA) is 63.2 Å². The van der Waals surface area contributed by atoms with Crippen LogP contribution in [-0.2, 0) is 4.74 Å². The fourth-order valence-electron chi connectivity index (χ4n) is 1.72. The van der Waals surface area contributed by atoms with Crippen molar-refractivity contribution in [2.45, 2.75) is 0 Å². The maximum atomic E-state index is 11.9. The van der Waals surface area contributed by atoms with Gasteiger partial charge in [0.1, 0.15) is 0 Å². The first-order valence-corrected chi connectivity index (χ1v) is 7.24. The van der Waals surface area contributed by atoms with Crippen LogP contribution in [0.1, 0.15) is 10.4 Å². The summed E-state index contributed by atoms with van der Waals surface area (Å²) in [6, 6.07) is 9.51. The lowest BCUT2D eigenvalue weighted by Gasteiger charge is -2.09. The van der Waals surface area contributed by atoms with E-state index >= 15 is 0 Å². The number of para-hydroxylation sites is 1. The molecule has 2 aromatic rings. The van der Waals surface area contributed by atoms with Crippen molar-refractivity contribution in [1.29, 1.82) is 0 Å². The van der Waals surface area contributed by atoms with Gasteiger partial charge in [-0.25, -0.2) is 0 Å². The Balaban J connectivity index is 2.07. The van der Waals surface area contributed by atoms with E-state index in [1.807, 2.05) is 24.3 Å². The third-order valence-corrected chi connectivity index (χ3v) is 3.44. The quantitative estimate of drug-likeness (QED) is 0.787. The number of carbonyl (C=O) groups is 1. The summed E-state index contributed by atoms with van der Waals surface area (Å²) in [6.45, 7) is 0.950. The second-order valence-electron chi connectivity index (χ2n) is 4.32. The molecule has 21 heavy (non-hydrogen) atoms. The summed E-state index contributed by atoms with van der Waals surface area (Å²) in [6.07, 6.45) is 3.21. The molecule has 0 bridgehead atoms. The van der Waals surface area contributed by atoms with Crippen LogP contribution in [0.4, 0.5) is 11.4 Å². The van der Waals surface area contributed by atoms with Crippen LogP contribution in [0.3, 0.4) is 0 Å². The maximum absolute atomic E-state index is 11.9. The van der Waals surface area contributed by atoms with Crippen LogP contribution >= 0.6 is 15.9 Å². The number of carbonyl (C=O) groups excluding carboxylic acids is 1. The predicted molar refractivity (Wildman–Crippen MR) is 85.9 cm³/mol. The van der Waals surface area contributed by atoms with Crippen LogP contribution in [0.5, 0.6) is 0 Å². The second kappa shape index (κ2) is 7.75. The van der Waals surface area contributed by atoms with E-state index in [4.69, 9.17) is 4.74 Å². The highest BCUT2D eigenvalue weighted by Crippen LogP contribution is 2.25. The number of anilines is 2. The number of halogens is 1. The highest BCUT2D eigenvalue weighted by Gasteiger charge is 2.07. The average molecular weight is 350 g/mol. The lowest BCUT2D eigenvalue weighted by molar-refractivity contribution is 0.0937. The van der Waals surface area contributed by atoms with Crippen LogP contribution in [0.2, 0.25) is 0 Å². The molecule has 0 spiro atoms. The van der Waals surface area contributed by atoms with E-state index in [1.54, 1.807) is 19.4 Å². The first kappa shape index (κ1) is 15.5. The summed E-state index contributed by atoms with van der Waals surface area (Å²) in [7, 11) is 1.59. The SMILES string of the molecule is COCCNC(=O)c1cncc(Nc2ccccc2Br)c1. The number of pyridine rings is 1. The van der Waals surface area contributed by atoms with E-state index in [0.717, 1.165) is 15.8 Å². The van der Waals surface area contributed by atoms with E-state index < -0.39 is 0 Å². The molecule has 0 aliphatic heterocycles. The Bertz CT molecular complexity index is 619. The van der Waals surface area contributed by atoms with E-state index in [9.17, 15) is 4.79 Å².